The number of non-ortho nitro benzene ring substituents is 1. The first-order valence-electron chi connectivity index (χ1n) is 8.90. The van der Waals surface area contributed by atoms with Crippen molar-refractivity contribution in [2.45, 2.75) is 25.7 Å². The number of amides is 1. The third-order valence-corrected chi connectivity index (χ3v) is 6.07. The Hall–Kier alpha value is -2.11. The van der Waals surface area contributed by atoms with Gasteiger partial charge in [-0.1, -0.05) is 6.42 Å². The highest BCUT2D eigenvalue weighted by molar-refractivity contribution is 5.80. The van der Waals surface area contributed by atoms with Crippen molar-refractivity contribution < 1.29 is 9.72 Å². The number of fused-ring (bicyclic) bond motifs is 2. The van der Waals surface area contributed by atoms with Crippen molar-refractivity contribution in [2.24, 2.45) is 17.8 Å². The highest BCUT2D eigenvalue weighted by Gasteiger charge is 2.44. The zero-order valence-corrected chi connectivity index (χ0v) is 13.8. The van der Waals surface area contributed by atoms with Crippen LogP contribution in [-0.4, -0.2) is 41.9 Å². The summed E-state index contributed by atoms with van der Waals surface area (Å²) in [7, 11) is 0. The standard InChI is InChI=1S/C18H23N3O3/c22-18(17-12-13-1-2-14(17)11-13)20-9-7-19(8-10-20)15-3-5-16(6-4-15)21(23)24/h3-6,13-14,17H,1-2,7-12H2/t13-,14-,17+/m0/s1. The Morgan fingerprint density at radius 2 is 1.75 bits per heavy atom. The van der Waals surface area contributed by atoms with Crippen LogP contribution < -0.4 is 4.90 Å². The number of nitro benzene ring substituents is 1. The quantitative estimate of drug-likeness (QED) is 0.632. The molecule has 1 amide bonds. The van der Waals surface area contributed by atoms with Gasteiger partial charge < -0.3 is 9.80 Å². The number of hydrogen-bond acceptors (Lipinski definition) is 4. The topological polar surface area (TPSA) is 66.7 Å². The Kier molecular flexibility index (Phi) is 3.90. The van der Waals surface area contributed by atoms with Gasteiger partial charge in [-0.3, -0.25) is 14.9 Å². The van der Waals surface area contributed by atoms with E-state index in [2.05, 4.69) is 4.90 Å². The van der Waals surface area contributed by atoms with Gasteiger partial charge in [0, 0.05) is 49.9 Å². The van der Waals surface area contributed by atoms with E-state index >= 15 is 0 Å². The van der Waals surface area contributed by atoms with E-state index in [1.54, 1.807) is 24.3 Å². The molecule has 0 N–H and O–H groups in total. The van der Waals surface area contributed by atoms with E-state index in [0.29, 0.717) is 11.8 Å². The zero-order chi connectivity index (χ0) is 16.7. The van der Waals surface area contributed by atoms with Crippen LogP contribution in [-0.2, 0) is 4.79 Å². The van der Waals surface area contributed by atoms with Crippen molar-refractivity contribution in [1.82, 2.24) is 4.90 Å². The minimum absolute atomic E-state index is 0.115. The van der Waals surface area contributed by atoms with E-state index in [1.165, 1.54) is 19.3 Å². The molecule has 1 aromatic carbocycles. The third kappa shape index (κ3) is 2.74. The van der Waals surface area contributed by atoms with Crippen LogP contribution in [0.5, 0.6) is 0 Å². The fourth-order valence-corrected chi connectivity index (χ4v) is 4.75. The average molecular weight is 329 g/mol. The van der Waals surface area contributed by atoms with Gasteiger partial charge in [0.25, 0.3) is 5.69 Å². The predicted molar refractivity (Wildman–Crippen MR) is 90.8 cm³/mol. The Morgan fingerprint density at radius 3 is 2.29 bits per heavy atom. The number of nitro groups is 1. The van der Waals surface area contributed by atoms with Crippen LogP contribution in [0.15, 0.2) is 24.3 Å². The van der Waals surface area contributed by atoms with Crippen molar-refractivity contribution in [3.63, 3.8) is 0 Å². The van der Waals surface area contributed by atoms with Crippen LogP contribution in [0.4, 0.5) is 11.4 Å². The van der Waals surface area contributed by atoms with Gasteiger partial charge >= 0.3 is 0 Å². The number of nitrogens with zero attached hydrogens (tertiary/aromatic N) is 3. The maximum atomic E-state index is 12.8. The third-order valence-electron chi connectivity index (χ3n) is 6.07. The molecule has 4 rings (SSSR count). The molecule has 6 nitrogen and oxygen atoms in total. The van der Waals surface area contributed by atoms with E-state index < -0.39 is 0 Å². The fraction of sp³-hybridized carbons (Fsp3) is 0.611. The molecular formula is C18H23N3O3. The second kappa shape index (κ2) is 6.07. The summed E-state index contributed by atoms with van der Waals surface area (Å²) >= 11 is 0. The zero-order valence-electron chi connectivity index (χ0n) is 13.8. The normalized spacial score (nSPS) is 29.1. The molecule has 0 radical (unpaired) electrons. The Labute approximate surface area is 141 Å². The number of carbonyl (C=O) groups is 1. The number of rotatable bonds is 3. The van der Waals surface area contributed by atoms with Gasteiger partial charge in [0.1, 0.15) is 0 Å². The lowest BCUT2D eigenvalue weighted by molar-refractivity contribution is -0.384. The Morgan fingerprint density at radius 1 is 1.04 bits per heavy atom. The summed E-state index contributed by atoms with van der Waals surface area (Å²) < 4.78 is 0. The second-order valence-corrected chi connectivity index (χ2v) is 7.37. The lowest BCUT2D eigenvalue weighted by Gasteiger charge is -2.38. The van der Waals surface area contributed by atoms with Crippen LogP contribution in [0.1, 0.15) is 25.7 Å². The van der Waals surface area contributed by atoms with Gasteiger partial charge in [0.15, 0.2) is 0 Å². The van der Waals surface area contributed by atoms with Crippen LogP contribution in [0.3, 0.4) is 0 Å². The number of piperazine rings is 1. The number of hydrogen-bond donors (Lipinski definition) is 0. The summed E-state index contributed by atoms with van der Waals surface area (Å²) in [6.07, 6.45) is 4.93. The molecule has 3 atom stereocenters. The maximum absolute atomic E-state index is 12.8. The molecule has 24 heavy (non-hydrogen) atoms. The van der Waals surface area contributed by atoms with E-state index in [1.807, 2.05) is 4.90 Å². The Bertz CT molecular complexity index is 637. The largest absolute Gasteiger partial charge is 0.368 e. The molecule has 1 saturated heterocycles. The predicted octanol–water partition coefficient (Wildman–Crippen LogP) is 2.68. The minimum Gasteiger partial charge on any atom is -0.368 e. The molecule has 2 bridgehead atoms. The van der Waals surface area contributed by atoms with Crippen LogP contribution in [0.25, 0.3) is 0 Å². The second-order valence-electron chi connectivity index (χ2n) is 7.37. The molecule has 0 aromatic heterocycles. The van der Waals surface area contributed by atoms with E-state index in [0.717, 1.165) is 44.2 Å². The summed E-state index contributed by atoms with van der Waals surface area (Å²) in [4.78, 5) is 27.4. The van der Waals surface area contributed by atoms with Gasteiger partial charge in [-0.25, -0.2) is 0 Å². The molecule has 1 aromatic rings. The lowest BCUT2D eigenvalue weighted by atomic mass is 9.87. The highest BCUT2D eigenvalue weighted by Crippen LogP contribution is 2.48. The van der Waals surface area contributed by atoms with Gasteiger partial charge in [-0.05, 0) is 43.2 Å². The van der Waals surface area contributed by atoms with E-state index in [4.69, 9.17) is 0 Å². The van der Waals surface area contributed by atoms with E-state index in [9.17, 15) is 14.9 Å². The summed E-state index contributed by atoms with van der Waals surface area (Å²) in [5, 5.41) is 10.7. The van der Waals surface area contributed by atoms with Crippen LogP contribution in [0, 0.1) is 27.9 Å². The summed E-state index contributed by atoms with van der Waals surface area (Å²) in [5.74, 6) is 2.07. The molecule has 128 valence electrons. The van der Waals surface area contributed by atoms with Gasteiger partial charge in [-0.15, -0.1) is 0 Å². The number of anilines is 1. The fourth-order valence-electron chi connectivity index (χ4n) is 4.75. The molecule has 1 aliphatic heterocycles. The summed E-state index contributed by atoms with van der Waals surface area (Å²) in [6.45, 7) is 3.10. The van der Waals surface area contributed by atoms with Gasteiger partial charge in [0.05, 0.1) is 4.92 Å². The van der Waals surface area contributed by atoms with E-state index in [-0.39, 0.29) is 16.5 Å². The van der Waals surface area contributed by atoms with Crippen LogP contribution >= 0.6 is 0 Å². The first-order chi connectivity index (χ1) is 11.6. The molecule has 3 aliphatic rings. The molecule has 6 heteroatoms. The molecule has 1 heterocycles. The SMILES string of the molecule is O=C([C@@H]1C[C@H]2CC[C@H]1C2)N1CCN(c2ccc([N+](=O)[O-])cc2)CC1. The van der Waals surface area contributed by atoms with Crippen molar-refractivity contribution in [3.05, 3.63) is 34.4 Å². The maximum Gasteiger partial charge on any atom is 0.269 e. The van der Waals surface area contributed by atoms with Crippen molar-refractivity contribution in [3.8, 4) is 0 Å². The van der Waals surface area contributed by atoms with Crippen molar-refractivity contribution in [1.29, 1.82) is 0 Å². The van der Waals surface area contributed by atoms with Crippen LogP contribution in [0.2, 0.25) is 0 Å². The summed E-state index contributed by atoms with van der Waals surface area (Å²) in [5.41, 5.74) is 1.11. The highest BCUT2D eigenvalue weighted by atomic mass is 16.6. The smallest absolute Gasteiger partial charge is 0.269 e. The van der Waals surface area contributed by atoms with Gasteiger partial charge in [0.2, 0.25) is 5.91 Å². The monoisotopic (exact) mass is 329 g/mol. The molecule has 2 saturated carbocycles. The molecule has 0 spiro atoms. The number of benzene rings is 1. The van der Waals surface area contributed by atoms with Crippen molar-refractivity contribution in [2.75, 3.05) is 31.1 Å². The minimum atomic E-state index is -0.379. The average Bonchev–Trinajstić information content (AvgIpc) is 3.25. The first-order valence-corrected chi connectivity index (χ1v) is 8.90. The molecule has 2 aliphatic carbocycles. The van der Waals surface area contributed by atoms with Crippen molar-refractivity contribution >= 4 is 17.3 Å². The number of carbonyl (C=O) groups excluding carboxylic acids is 1. The van der Waals surface area contributed by atoms with Gasteiger partial charge in [-0.2, -0.15) is 0 Å². The molecular weight excluding hydrogens is 306 g/mol. The molecule has 0 unspecified atom stereocenters. The first kappa shape index (κ1) is 15.4. The summed E-state index contributed by atoms with van der Waals surface area (Å²) in [6, 6.07) is 6.68. The lowest BCUT2D eigenvalue weighted by Crippen LogP contribution is -2.51. The Balaban J connectivity index is 1.34. The molecule has 3 fully saturated rings.